The van der Waals surface area contributed by atoms with Crippen LogP contribution in [0.1, 0.15) is 32.1 Å². The summed E-state index contributed by atoms with van der Waals surface area (Å²) < 4.78 is 40.7. The molecule has 3 nitrogen and oxygen atoms in total. The minimum Gasteiger partial charge on any atom is -0.371 e. The molecule has 2 atom stereocenters. The molecule has 1 N–H and O–H groups in total. The molecule has 2 aliphatic heterocycles. The van der Waals surface area contributed by atoms with E-state index >= 15 is 0 Å². The summed E-state index contributed by atoms with van der Waals surface area (Å²) in [5.41, 5.74) is 0. The number of ether oxygens (including phenoxy) is 1. The fourth-order valence-electron chi connectivity index (χ4n) is 3.16. The minimum absolute atomic E-state index is 0.169. The van der Waals surface area contributed by atoms with Crippen LogP contribution in [0.25, 0.3) is 0 Å². The Morgan fingerprint density at radius 2 is 2.00 bits per heavy atom. The molecule has 2 aliphatic rings. The van der Waals surface area contributed by atoms with E-state index in [-0.39, 0.29) is 6.61 Å². The van der Waals surface area contributed by atoms with Crippen molar-refractivity contribution < 1.29 is 17.9 Å². The number of piperidine rings is 1. The fraction of sp³-hybridized carbons (Fsp3) is 1.00. The molecular formula is C13H23F3N2O. The number of hydrogen-bond acceptors (Lipinski definition) is 3. The number of likely N-dealkylation sites (tertiary alicyclic amines) is 1. The van der Waals surface area contributed by atoms with Gasteiger partial charge in [-0.25, -0.2) is 0 Å². The van der Waals surface area contributed by atoms with Crippen molar-refractivity contribution in [3.05, 3.63) is 0 Å². The zero-order valence-electron chi connectivity index (χ0n) is 11.2. The van der Waals surface area contributed by atoms with Gasteiger partial charge in [-0.1, -0.05) is 6.42 Å². The number of hydrogen-bond donors (Lipinski definition) is 1. The van der Waals surface area contributed by atoms with Gasteiger partial charge in [-0.3, -0.25) is 4.90 Å². The molecule has 2 unspecified atom stereocenters. The molecule has 2 saturated heterocycles. The number of nitrogens with one attached hydrogen (secondary N) is 1. The average Bonchev–Trinajstić information content (AvgIpc) is 2.88. The van der Waals surface area contributed by atoms with Crippen LogP contribution in [0.5, 0.6) is 0 Å². The summed E-state index contributed by atoms with van der Waals surface area (Å²) in [6.45, 7) is 1.70. The van der Waals surface area contributed by atoms with E-state index in [1.807, 2.05) is 0 Å². The molecule has 6 heteroatoms. The Balaban J connectivity index is 1.73. The van der Waals surface area contributed by atoms with Gasteiger partial charge in [-0.2, -0.15) is 13.2 Å². The molecule has 0 aromatic heterocycles. The van der Waals surface area contributed by atoms with E-state index < -0.39 is 12.8 Å². The lowest BCUT2D eigenvalue weighted by Gasteiger charge is -2.39. The Labute approximate surface area is 112 Å². The molecule has 0 aliphatic carbocycles. The van der Waals surface area contributed by atoms with Crippen LogP contribution < -0.4 is 5.32 Å². The van der Waals surface area contributed by atoms with Crippen molar-refractivity contribution in [1.82, 2.24) is 10.2 Å². The lowest BCUT2D eigenvalue weighted by Crippen LogP contribution is -2.51. The zero-order valence-corrected chi connectivity index (χ0v) is 11.2. The van der Waals surface area contributed by atoms with Crippen molar-refractivity contribution in [2.24, 2.45) is 0 Å². The van der Waals surface area contributed by atoms with Crippen molar-refractivity contribution in [2.75, 3.05) is 32.8 Å². The van der Waals surface area contributed by atoms with Gasteiger partial charge >= 0.3 is 6.18 Å². The Morgan fingerprint density at radius 1 is 1.16 bits per heavy atom. The number of halogens is 3. The monoisotopic (exact) mass is 280 g/mol. The highest BCUT2D eigenvalue weighted by molar-refractivity contribution is 4.90. The molecule has 2 heterocycles. The van der Waals surface area contributed by atoms with E-state index in [2.05, 4.69) is 10.2 Å². The first-order valence-corrected chi connectivity index (χ1v) is 7.18. The first-order valence-electron chi connectivity index (χ1n) is 7.18. The summed E-state index contributed by atoms with van der Waals surface area (Å²) >= 11 is 0. The zero-order chi connectivity index (χ0) is 13.7. The summed E-state index contributed by atoms with van der Waals surface area (Å²) in [5.74, 6) is 0. The van der Waals surface area contributed by atoms with Gasteiger partial charge in [0.25, 0.3) is 0 Å². The van der Waals surface area contributed by atoms with E-state index in [4.69, 9.17) is 4.74 Å². The highest BCUT2D eigenvalue weighted by Crippen LogP contribution is 2.24. The van der Waals surface area contributed by atoms with Gasteiger partial charge in [-0.05, 0) is 38.8 Å². The van der Waals surface area contributed by atoms with Gasteiger partial charge in [0.1, 0.15) is 6.61 Å². The maximum Gasteiger partial charge on any atom is 0.411 e. The molecule has 19 heavy (non-hydrogen) atoms. The van der Waals surface area contributed by atoms with E-state index in [0.29, 0.717) is 18.6 Å². The SMILES string of the molecule is FC(F)(F)COCCN1CCCCC1C1CCCN1. The van der Waals surface area contributed by atoms with Crippen LogP contribution in [0.3, 0.4) is 0 Å². The second kappa shape index (κ2) is 6.90. The lowest BCUT2D eigenvalue weighted by atomic mass is 9.94. The maximum atomic E-state index is 12.0. The minimum atomic E-state index is -4.21. The van der Waals surface area contributed by atoms with Crippen molar-refractivity contribution in [3.8, 4) is 0 Å². The third-order valence-electron chi connectivity index (χ3n) is 4.02. The standard InChI is InChI=1S/C13H23F3N2O/c14-13(15,16)10-19-9-8-18-7-2-1-5-12(18)11-4-3-6-17-11/h11-12,17H,1-10H2. The predicted molar refractivity (Wildman–Crippen MR) is 67.1 cm³/mol. The van der Waals surface area contributed by atoms with Crippen molar-refractivity contribution in [3.63, 3.8) is 0 Å². The molecular weight excluding hydrogens is 257 g/mol. The number of alkyl halides is 3. The van der Waals surface area contributed by atoms with Crippen LogP contribution in [-0.4, -0.2) is 56.0 Å². The lowest BCUT2D eigenvalue weighted by molar-refractivity contribution is -0.175. The summed E-state index contributed by atoms with van der Waals surface area (Å²) in [5, 5.41) is 3.51. The first-order chi connectivity index (χ1) is 9.06. The topological polar surface area (TPSA) is 24.5 Å². The molecule has 0 aromatic rings. The average molecular weight is 280 g/mol. The molecule has 112 valence electrons. The quantitative estimate of drug-likeness (QED) is 0.781. The summed E-state index contributed by atoms with van der Waals surface area (Å²) in [6.07, 6.45) is 1.70. The van der Waals surface area contributed by atoms with Crippen LogP contribution in [0.2, 0.25) is 0 Å². The second-order valence-electron chi connectivity index (χ2n) is 5.47. The van der Waals surface area contributed by atoms with Crippen LogP contribution in [0.15, 0.2) is 0 Å². The van der Waals surface area contributed by atoms with E-state index in [1.165, 1.54) is 19.3 Å². The van der Waals surface area contributed by atoms with Gasteiger partial charge in [0.15, 0.2) is 0 Å². The summed E-state index contributed by atoms with van der Waals surface area (Å²) in [4.78, 5) is 2.31. The molecule has 0 aromatic carbocycles. The largest absolute Gasteiger partial charge is 0.411 e. The summed E-state index contributed by atoms with van der Waals surface area (Å²) in [6, 6.07) is 0.994. The normalized spacial score (nSPS) is 29.8. The predicted octanol–water partition coefficient (Wildman–Crippen LogP) is 2.17. The van der Waals surface area contributed by atoms with Crippen LogP contribution in [-0.2, 0) is 4.74 Å². The molecule has 0 amide bonds. The fourth-order valence-corrected chi connectivity index (χ4v) is 3.16. The molecule has 0 spiro atoms. The third kappa shape index (κ3) is 4.93. The third-order valence-corrected chi connectivity index (χ3v) is 4.02. The Hall–Kier alpha value is -0.330. The van der Waals surface area contributed by atoms with E-state index in [0.717, 1.165) is 25.9 Å². The van der Waals surface area contributed by atoms with Gasteiger partial charge in [-0.15, -0.1) is 0 Å². The smallest absolute Gasteiger partial charge is 0.371 e. The molecule has 0 radical (unpaired) electrons. The highest BCUT2D eigenvalue weighted by Gasteiger charge is 2.32. The second-order valence-corrected chi connectivity index (χ2v) is 5.47. The number of nitrogens with zero attached hydrogens (tertiary/aromatic N) is 1. The van der Waals surface area contributed by atoms with Crippen molar-refractivity contribution in [1.29, 1.82) is 0 Å². The van der Waals surface area contributed by atoms with Crippen LogP contribution in [0, 0.1) is 0 Å². The maximum absolute atomic E-state index is 12.0. The van der Waals surface area contributed by atoms with E-state index in [9.17, 15) is 13.2 Å². The van der Waals surface area contributed by atoms with Gasteiger partial charge < -0.3 is 10.1 Å². The van der Waals surface area contributed by atoms with Crippen LogP contribution >= 0.6 is 0 Å². The van der Waals surface area contributed by atoms with Crippen molar-refractivity contribution >= 4 is 0 Å². The Bertz CT molecular complexity index is 267. The molecule has 0 saturated carbocycles. The molecule has 2 rings (SSSR count). The van der Waals surface area contributed by atoms with E-state index in [1.54, 1.807) is 0 Å². The number of rotatable bonds is 5. The molecule has 0 bridgehead atoms. The van der Waals surface area contributed by atoms with Gasteiger partial charge in [0.05, 0.1) is 6.61 Å². The summed E-state index contributed by atoms with van der Waals surface area (Å²) in [7, 11) is 0. The molecule has 2 fully saturated rings. The highest BCUT2D eigenvalue weighted by atomic mass is 19.4. The first kappa shape index (κ1) is 15.1. The Kier molecular flexibility index (Phi) is 5.47. The van der Waals surface area contributed by atoms with Crippen molar-refractivity contribution in [2.45, 2.75) is 50.4 Å². The van der Waals surface area contributed by atoms with Gasteiger partial charge in [0, 0.05) is 18.6 Å². The Morgan fingerprint density at radius 3 is 2.68 bits per heavy atom. The van der Waals surface area contributed by atoms with Gasteiger partial charge in [0.2, 0.25) is 0 Å². The van der Waals surface area contributed by atoms with Crippen LogP contribution in [0.4, 0.5) is 13.2 Å².